The SMILES string of the molecule is N#Cc1cccc(CSCc2ccccc2F)c1. The van der Waals surface area contributed by atoms with E-state index in [4.69, 9.17) is 5.26 Å². The Morgan fingerprint density at radius 2 is 1.89 bits per heavy atom. The van der Waals surface area contributed by atoms with E-state index in [9.17, 15) is 4.39 Å². The molecule has 0 spiro atoms. The third-order valence-electron chi connectivity index (χ3n) is 2.54. The van der Waals surface area contributed by atoms with Gasteiger partial charge in [-0.25, -0.2) is 4.39 Å². The molecule has 0 N–H and O–H groups in total. The summed E-state index contributed by atoms with van der Waals surface area (Å²) in [6.07, 6.45) is 0. The van der Waals surface area contributed by atoms with Crippen LogP contribution in [0.25, 0.3) is 0 Å². The first-order chi connectivity index (χ1) is 8.79. The topological polar surface area (TPSA) is 23.8 Å². The fourth-order valence-electron chi connectivity index (χ4n) is 1.62. The third-order valence-corrected chi connectivity index (χ3v) is 3.59. The highest BCUT2D eigenvalue weighted by molar-refractivity contribution is 7.97. The zero-order chi connectivity index (χ0) is 12.8. The van der Waals surface area contributed by atoms with E-state index in [-0.39, 0.29) is 5.82 Å². The molecule has 0 saturated carbocycles. The lowest BCUT2D eigenvalue weighted by Gasteiger charge is -2.04. The second-order valence-electron chi connectivity index (χ2n) is 3.90. The zero-order valence-electron chi connectivity index (χ0n) is 9.77. The summed E-state index contributed by atoms with van der Waals surface area (Å²) in [6.45, 7) is 0. The maximum Gasteiger partial charge on any atom is 0.127 e. The van der Waals surface area contributed by atoms with Crippen molar-refractivity contribution >= 4 is 11.8 Å². The first kappa shape index (κ1) is 12.7. The van der Waals surface area contributed by atoms with Crippen LogP contribution in [0.5, 0.6) is 0 Å². The van der Waals surface area contributed by atoms with Gasteiger partial charge >= 0.3 is 0 Å². The predicted octanol–water partition coefficient (Wildman–Crippen LogP) is 4.13. The highest BCUT2D eigenvalue weighted by Crippen LogP contribution is 2.20. The number of benzene rings is 2. The maximum atomic E-state index is 13.4. The summed E-state index contributed by atoms with van der Waals surface area (Å²) in [6, 6.07) is 16.4. The minimum Gasteiger partial charge on any atom is -0.207 e. The molecule has 0 saturated heterocycles. The van der Waals surface area contributed by atoms with Crippen LogP contribution in [0.4, 0.5) is 4.39 Å². The van der Waals surface area contributed by atoms with E-state index >= 15 is 0 Å². The fourth-order valence-corrected chi connectivity index (χ4v) is 2.60. The zero-order valence-corrected chi connectivity index (χ0v) is 10.6. The summed E-state index contributed by atoms with van der Waals surface area (Å²) in [7, 11) is 0. The van der Waals surface area contributed by atoms with Crippen molar-refractivity contribution in [3.8, 4) is 6.07 Å². The van der Waals surface area contributed by atoms with Crippen molar-refractivity contribution in [3.63, 3.8) is 0 Å². The van der Waals surface area contributed by atoms with Crippen LogP contribution in [0.1, 0.15) is 16.7 Å². The highest BCUT2D eigenvalue weighted by Gasteiger charge is 2.01. The van der Waals surface area contributed by atoms with Gasteiger partial charge in [0.15, 0.2) is 0 Å². The molecular weight excluding hydrogens is 245 g/mol. The molecule has 0 aromatic heterocycles. The Kier molecular flexibility index (Phi) is 4.38. The van der Waals surface area contributed by atoms with E-state index in [1.165, 1.54) is 6.07 Å². The number of hydrogen-bond donors (Lipinski definition) is 0. The van der Waals surface area contributed by atoms with Gasteiger partial charge in [-0.05, 0) is 29.3 Å². The number of thioether (sulfide) groups is 1. The molecule has 0 aliphatic carbocycles. The molecule has 0 radical (unpaired) electrons. The molecule has 0 amide bonds. The van der Waals surface area contributed by atoms with Crippen LogP contribution in [0.3, 0.4) is 0 Å². The van der Waals surface area contributed by atoms with Crippen LogP contribution in [0.15, 0.2) is 48.5 Å². The number of halogens is 1. The number of nitriles is 1. The van der Waals surface area contributed by atoms with Crippen molar-refractivity contribution in [2.24, 2.45) is 0 Å². The van der Waals surface area contributed by atoms with Gasteiger partial charge in [-0.15, -0.1) is 0 Å². The van der Waals surface area contributed by atoms with Gasteiger partial charge in [-0.1, -0.05) is 30.3 Å². The summed E-state index contributed by atoms with van der Waals surface area (Å²) in [5, 5.41) is 8.80. The molecule has 0 heterocycles. The van der Waals surface area contributed by atoms with Crippen molar-refractivity contribution in [1.82, 2.24) is 0 Å². The van der Waals surface area contributed by atoms with Crippen LogP contribution < -0.4 is 0 Å². The Morgan fingerprint density at radius 1 is 1.06 bits per heavy atom. The second-order valence-corrected chi connectivity index (χ2v) is 4.88. The molecule has 90 valence electrons. The molecule has 0 atom stereocenters. The van der Waals surface area contributed by atoms with Gasteiger partial charge < -0.3 is 0 Å². The van der Waals surface area contributed by atoms with Crippen molar-refractivity contribution in [3.05, 3.63) is 71.0 Å². The van der Waals surface area contributed by atoms with Gasteiger partial charge in [0.25, 0.3) is 0 Å². The van der Waals surface area contributed by atoms with Gasteiger partial charge in [-0.3, -0.25) is 0 Å². The molecule has 2 aromatic rings. The lowest BCUT2D eigenvalue weighted by atomic mass is 10.2. The van der Waals surface area contributed by atoms with Crippen molar-refractivity contribution < 1.29 is 4.39 Å². The van der Waals surface area contributed by atoms with Gasteiger partial charge in [0.05, 0.1) is 11.6 Å². The fraction of sp³-hybridized carbons (Fsp3) is 0.133. The van der Waals surface area contributed by atoms with E-state index in [0.717, 1.165) is 16.9 Å². The Hall–Kier alpha value is -1.79. The van der Waals surface area contributed by atoms with E-state index in [0.29, 0.717) is 11.3 Å². The molecule has 0 unspecified atom stereocenters. The number of nitrogens with zero attached hydrogens (tertiary/aromatic N) is 1. The van der Waals surface area contributed by atoms with Gasteiger partial charge in [0.2, 0.25) is 0 Å². The van der Waals surface area contributed by atoms with Crippen molar-refractivity contribution in [2.75, 3.05) is 0 Å². The molecule has 1 nitrogen and oxygen atoms in total. The molecule has 18 heavy (non-hydrogen) atoms. The first-order valence-electron chi connectivity index (χ1n) is 5.60. The summed E-state index contributed by atoms with van der Waals surface area (Å²) in [5.74, 6) is 1.27. The van der Waals surface area contributed by atoms with Gasteiger partial charge in [0, 0.05) is 11.5 Å². The van der Waals surface area contributed by atoms with Crippen molar-refractivity contribution in [1.29, 1.82) is 5.26 Å². The monoisotopic (exact) mass is 257 g/mol. The van der Waals surface area contributed by atoms with Crippen molar-refractivity contribution in [2.45, 2.75) is 11.5 Å². The van der Waals surface area contributed by atoms with Crippen LogP contribution in [0, 0.1) is 17.1 Å². The average Bonchev–Trinajstić information content (AvgIpc) is 2.41. The average molecular weight is 257 g/mol. The summed E-state index contributed by atoms with van der Waals surface area (Å²) < 4.78 is 13.4. The van der Waals surface area contributed by atoms with Crippen LogP contribution in [-0.4, -0.2) is 0 Å². The van der Waals surface area contributed by atoms with E-state index in [2.05, 4.69) is 6.07 Å². The Morgan fingerprint density at radius 3 is 2.67 bits per heavy atom. The number of hydrogen-bond acceptors (Lipinski definition) is 2. The minimum absolute atomic E-state index is 0.157. The van der Waals surface area contributed by atoms with Crippen LogP contribution in [0.2, 0.25) is 0 Å². The summed E-state index contributed by atoms with van der Waals surface area (Å²) >= 11 is 1.64. The molecule has 2 aromatic carbocycles. The molecule has 0 fully saturated rings. The Labute approximate surface area is 110 Å². The van der Waals surface area contributed by atoms with E-state index < -0.39 is 0 Å². The first-order valence-corrected chi connectivity index (χ1v) is 6.75. The Balaban J connectivity index is 1.93. The number of rotatable bonds is 4. The largest absolute Gasteiger partial charge is 0.207 e. The molecule has 2 rings (SSSR count). The van der Waals surface area contributed by atoms with Crippen LogP contribution >= 0.6 is 11.8 Å². The molecule has 0 aliphatic heterocycles. The van der Waals surface area contributed by atoms with Gasteiger partial charge in [-0.2, -0.15) is 17.0 Å². The standard InChI is InChI=1S/C15H12FNS/c16-15-7-2-1-6-14(15)11-18-10-13-5-3-4-12(8-13)9-17/h1-8H,10-11H2. The molecular formula is C15H12FNS. The summed E-state index contributed by atoms with van der Waals surface area (Å²) in [4.78, 5) is 0. The highest BCUT2D eigenvalue weighted by atomic mass is 32.2. The summed E-state index contributed by atoms with van der Waals surface area (Å²) in [5.41, 5.74) is 2.48. The lowest BCUT2D eigenvalue weighted by molar-refractivity contribution is 0.617. The van der Waals surface area contributed by atoms with E-state index in [1.54, 1.807) is 30.0 Å². The predicted molar refractivity (Wildman–Crippen MR) is 72.6 cm³/mol. The lowest BCUT2D eigenvalue weighted by Crippen LogP contribution is -1.88. The minimum atomic E-state index is -0.157. The van der Waals surface area contributed by atoms with E-state index in [1.807, 2.05) is 24.3 Å². The normalized spacial score (nSPS) is 10.0. The Bertz CT molecular complexity index is 575. The third kappa shape index (κ3) is 3.35. The second kappa shape index (κ2) is 6.23. The molecule has 0 aliphatic rings. The maximum absolute atomic E-state index is 13.4. The quantitative estimate of drug-likeness (QED) is 0.822. The van der Waals surface area contributed by atoms with Crippen LogP contribution in [-0.2, 0) is 11.5 Å². The molecule has 0 bridgehead atoms. The van der Waals surface area contributed by atoms with Gasteiger partial charge in [0.1, 0.15) is 5.82 Å². The molecule has 3 heteroatoms. The smallest absolute Gasteiger partial charge is 0.127 e.